The number of methoxy groups -OCH3 is 1. The van der Waals surface area contributed by atoms with Gasteiger partial charge in [-0.2, -0.15) is 0 Å². The van der Waals surface area contributed by atoms with Gasteiger partial charge in [0.05, 0.1) is 24.9 Å². The number of aliphatic hydroxyl groups excluding tert-OH is 1. The molecule has 2 amide bonds. The Kier molecular flexibility index (Phi) is 10.8. The molecule has 9 nitrogen and oxygen atoms in total. The highest BCUT2D eigenvalue weighted by atomic mass is 16.5. The maximum absolute atomic E-state index is 13.1. The van der Waals surface area contributed by atoms with Gasteiger partial charge in [-0.15, -0.1) is 0 Å². The van der Waals surface area contributed by atoms with Gasteiger partial charge in [-0.3, -0.25) is 15.6 Å². The van der Waals surface area contributed by atoms with Crippen LogP contribution in [0.2, 0.25) is 0 Å². The minimum absolute atomic E-state index is 0.122. The van der Waals surface area contributed by atoms with Gasteiger partial charge in [0.15, 0.2) is 0 Å². The molecule has 0 aliphatic carbocycles. The predicted octanol–water partition coefficient (Wildman–Crippen LogP) is 2.89. The van der Waals surface area contributed by atoms with Crippen LogP contribution in [0.3, 0.4) is 0 Å². The van der Waals surface area contributed by atoms with Crippen LogP contribution < -0.4 is 16.5 Å². The number of rotatable bonds is 12. The van der Waals surface area contributed by atoms with Crippen molar-refractivity contribution in [3.8, 4) is 11.3 Å². The fraction of sp³-hybridized carbons (Fsp3) is 0.345. The Morgan fingerprint density at radius 1 is 0.974 bits per heavy atom. The van der Waals surface area contributed by atoms with Crippen LogP contribution in [0, 0.1) is 5.92 Å². The first-order valence-electron chi connectivity index (χ1n) is 12.6. The van der Waals surface area contributed by atoms with Crippen LogP contribution in [0.15, 0.2) is 79.0 Å². The standard InChI is InChI=1S/C29H37N5O4/c1-20(2)27(33-29(37)38-3)28(36)32-25(17-21-9-5-4-6-10-21)26(35)19-34(30)18-22-12-14-23(15-13-22)24-11-7-8-16-31-24/h4-16,20,25-27,35H,17-19,30H2,1-3H3,(H,32,36)(H,33,37)/t25-,26-,27-/m0/s1. The second kappa shape index (κ2) is 14.2. The van der Waals surface area contributed by atoms with Crippen LogP contribution in [-0.4, -0.2) is 58.9 Å². The molecular formula is C29H37N5O4. The molecule has 9 heteroatoms. The fourth-order valence-corrected chi connectivity index (χ4v) is 4.13. The lowest BCUT2D eigenvalue weighted by molar-refractivity contribution is -0.125. The topological polar surface area (TPSA) is 130 Å². The van der Waals surface area contributed by atoms with E-state index in [-0.39, 0.29) is 12.5 Å². The van der Waals surface area contributed by atoms with E-state index in [0.29, 0.717) is 13.0 Å². The molecule has 0 unspecified atom stereocenters. The quantitative estimate of drug-likeness (QED) is 0.214. The zero-order chi connectivity index (χ0) is 27.5. The van der Waals surface area contributed by atoms with Gasteiger partial charge in [0.25, 0.3) is 0 Å². The van der Waals surface area contributed by atoms with E-state index in [4.69, 9.17) is 5.84 Å². The minimum Gasteiger partial charge on any atom is -0.453 e. The molecule has 0 aliphatic heterocycles. The van der Waals surface area contributed by atoms with Crippen molar-refractivity contribution in [2.45, 2.75) is 45.0 Å². The number of nitrogens with zero attached hydrogens (tertiary/aromatic N) is 2. The lowest BCUT2D eigenvalue weighted by Gasteiger charge is -2.30. The van der Waals surface area contributed by atoms with Gasteiger partial charge in [0, 0.05) is 24.8 Å². The van der Waals surface area contributed by atoms with Crippen LogP contribution in [0.5, 0.6) is 0 Å². The molecule has 2 aromatic carbocycles. The summed E-state index contributed by atoms with van der Waals surface area (Å²) in [6.45, 7) is 4.17. The van der Waals surface area contributed by atoms with E-state index >= 15 is 0 Å². The summed E-state index contributed by atoms with van der Waals surface area (Å²) in [5.74, 6) is 5.69. The number of hydrazine groups is 1. The second-order valence-corrected chi connectivity index (χ2v) is 9.57. The Balaban J connectivity index is 1.67. The van der Waals surface area contributed by atoms with E-state index in [1.165, 1.54) is 12.1 Å². The highest BCUT2D eigenvalue weighted by Crippen LogP contribution is 2.17. The number of hydrogen-bond acceptors (Lipinski definition) is 7. The average Bonchev–Trinajstić information content (AvgIpc) is 2.92. The average molecular weight is 520 g/mol. The number of alkyl carbamates (subject to hydrolysis) is 1. The molecule has 0 radical (unpaired) electrons. The summed E-state index contributed by atoms with van der Waals surface area (Å²) in [5, 5.41) is 18.2. The highest BCUT2D eigenvalue weighted by molar-refractivity contribution is 5.86. The minimum atomic E-state index is -0.970. The zero-order valence-corrected chi connectivity index (χ0v) is 22.1. The van der Waals surface area contributed by atoms with Gasteiger partial charge in [0.1, 0.15) is 6.04 Å². The molecule has 3 aromatic rings. The summed E-state index contributed by atoms with van der Waals surface area (Å²) in [5.41, 5.74) is 3.82. The highest BCUT2D eigenvalue weighted by Gasteiger charge is 2.30. The maximum Gasteiger partial charge on any atom is 0.407 e. The van der Waals surface area contributed by atoms with Crippen molar-refractivity contribution in [1.82, 2.24) is 20.6 Å². The largest absolute Gasteiger partial charge is 0.453 e. The molecule has 3 atom stereocenters. The Hall–Kier alpha value is -3.79. The molecule has 0 saturated carbocycles. The van der Waals surface area contributed by atoms with Crippen LogP contribution in [0.4, 0.5) is 4.79 Å². The summed E-state index contributed by atoms with van der Waals surface area (Å²) in [6, 6.07) is 21.8. The third-order valence-corrected chi connectivity index (χ3v) is 6.22. The van der Waals surface area contributed by atoms with E-state index in [1.807, 2.05) is 86.6 Å². The molecular weight excluding hydrogens is 482 g/mol. The molecule has 202 valence electrons. The van der Waals surface area contributed by atoms with E-state index in [0.717, 1.165) is 22.4 Å². The van der Waals surface area contributed by atoms with Crippen molar-refractivity contribution in [3.05, 3.63) is 90.1 Å². The van der Waals surface area contributed by atoms with Gasteiger partial charge in [-0.05, 0) is 35.6 Å². The number of aliphatic hydroxyl groups is 1. The monoisotopic (exact) mass is 519 g/mol. The van der Waals surface area contributed by atoms with Gasteiger partial charge in [-0.1, -0.05) is 74.5 Å². The first-order chi connectivity index (χ1) is 18.3. The first kappa shape index (κ1) is 28.8. The van der Waals surface area contributed by atoms with Crippen LogP contribution in [-0.2, 0) is 22.5 Å². The van der Waals surface area contributed by atoms with Crippen molar-refractivity contribution >= 4 is 12.0 Å². The number of ether oxygens (including phenoxy) is 1. The van der Waals surface area contributed by atoms with E-state index in [9.17, 15) is 14.7 Å². The number of hydrogen-bond donors (Lipinski definition) is 4. The number of aromatic nitrogens is 1. The Labute approximate surface area is 224 Å². The maximum atomic E-state index is 13.1. The van der Waals surface area contributed by atoms with Crippen molar-refractivity contribution in [1.29, 1.82) is 0 Å². The second-order valence-electron chi connectivity index (χ2n) is 9.57. The van der Waals surface area contributed by atoms with Gasteiger partial charge >= 0.3 is 6.09 Å². The number of nitrogens with two attached hydrogens (primary N) is 1. The van der Waals surface area contributed by atoms with Gasteiger partial charge in [-0.25, -0.2) is 9.80 Å². The molecule has 1 aromatic heterocycles. The SMILES string of the molecule is COC(=O)N[C@H](C(=O)N[C@@H](Cc1ccccc1)[C@@H](O)CN(N)Cc1ccc(-c2ccccn2)cc1)C(C)C. The summed E-state index contributed by atoms with van der Waals surface area (Å²) in [7, 11) is 1.24. The van der Waals surface area contributed by atoms with Gasteiger partial charge in [0.2, 0.25) is 5.91 Å². The fourth-order valence-electron chi connectivity index (χ4n) is 4.13. The molecule has 1 heterocycles. The van der Waals surface area contributed by atoms with Gasteiger partial charge < -0.3 is 20.5 Å². The predicted molar refractivity (Wildman–Crippen MR) is 147 cm³/mol. The first-order valence-corrected chi connectivity index (χ1v) is 12.6. The molecule has 3 rings (SSSR count). The van der Waals surface area contributed by atoms with Crippen molar-refractivity contribution in [2.75, 3.05) is 13.7 Å². The lowest BCUT2D eigenvalue weighted by atomic mass is 9.98. The number of nitrogens with one attached hydrogen (secondary N) is 2. The number of amides is 2. The molecule has 0 fully saturated rings. The Morgan fingerprint density at radius 3 is 2.26 bits per heavy atom. The van der Waals surface area contributed by atoms with Crippen LogP contribution >= 0.6 is 0 Å². The number of pyridine rings is 1. The van der Waals surface area contributed by atoms with Crippen molar-refractivity contribution in [3.63, 3.8) is 0 Å². The van der Waals surface area contributed by atoms with Crippen LogP contribution in [0.1, 0.15) is 25.0 Å². The lowest BCUT2D eigenvalue weighted by Crippen LogP contribution is -2.56. The third kappa shape index (κ3) is 8.65. The van der Waals surface area contributed by atoms with E-state index in [1.54, 1.807) is 6.20 Å². The molecule has 0 bridgehead atoms. The van der Waals surface area contributed by atoms with Crippen molar-refractivity contribution < 1.29 is 19.4 Å². The molecule has 0 spiro atoms. The summed E-state index contributed by atoms with van der Waals surface area (Å²) < 4.78 is 4.66. The number of carbonyl (C=O) groups is 2. The van der Waals surface area contributed by atoms with E-state index < -0.39 is 30.2 Å². The summed E-state index contributed by atoms with van der Waals surface area (Å²) in [4.78, 5) is 29.3. The zero-order valence-electron chi connectivity index (χ0n) is 22.1. The molecule has 0 aliphatic rings. The number of carbonyl (C=O) groups excluding carboxylic acids is 2. The van der Waals surface area contributed by atoms with Crippen molar-refractivity contribution in [2.24, 2.45) is 11.8 Å². The third-order valence-electron chi connectivity index (χ3n) is 6.22. The summed E-state index contributed by atoms with van der Waals surface area (Å²) in [6.07, 6.45) is 0.485. The Bertz CT molecular complexity index is 1140. The number of benzene rings is 2. The summed E-state index contributed by atoms with van der Waals surface area (Å²) >= 11 is 0. The smallest absolute Gasteiger partial charge is 0.407 e. The van der Waals surface area contributed by atoms with E-state index in [2.05, 4.69) is 20.4 Å². The molecule has 38 heavy (non-hydrogen) atoms. The van der Waals surface area contributed by atoms with Crippen LogP contribution in [0.25, 0.3) is 11.3 Å². The molecule has 5 N–H and O–H groups in total. The normalized spacial score (nSPS) is 13.6. The Morgan fingerprint density at radius 2 is 1.66 bits per heavy atom. The molecule has 0 saturated heterocycles.